The third-order valence-electron chi connectivity index (χ3n) is 2.69. The summed E-state index contributed by atoms with van der Waals surface area (Å²) >= 11 is 6.74. The SMILES string of the molecule is COc1cc(Br)c(Oc2ccc(N)c(C(=O)O)c2)cc1Br. The number of nitrogens with two attached hydrogens (primary N) is 1. The summed E-state index contributed by atoms with van der Waals surface area (Å²) in [6.07, 6.45) is 0. The summed E-state index contributed by atoms with van der Waals surface area (Å²) in [4.78, 5) is 11.1. The molecule has 2 aromatic carbocycles. The van der Waals surface area contributed by atoms with Gasteiger partial charge in [-0.2, -0.15) is 0 Å². The lowest BCUT2D eigenvalue weighted by atomic mass is 10.2. The number of methoxy groups -OCH3 is 1. The summed E-state index contributed by atoms with van der Waals surface area (Å²) in [5.41, 5.74) is 5.79. The Labute approximate surface area is 137 Å². The molecule has 0 atom stereocenters. The number of hydrogen-bond acceptors (Lipinski definition) is 4. The van der Waals surface area contributed by atoms with Crippen LogP contribution in [0.3, 0.4) is 0 Å². The van der Waals surface area contributed by atoms with Crippen molar-refractivity contribution in [2.24, 2.45) is 0 Å². The number of hydrogen-bond donors (Lipinski definition) is 2. The monoisotopic (exact) mass is 415 g/mol. The Morgan fingerprint density at radius 3 is 2.38 bits per heavy atom. The van der Waals surface area contributed by atoms with Gasteiger partial charge in [0, 0.05) is 5.69 Å². The van der Waals surface area contributed by atoms with E-state index in [4.69, 9.17) is 20.3 Å². The molecule has 5 nitrogen and oxygen atoms in total. The molecule has 0 amide bonds. The van der Waals surface area contributed by atoms with Crippen LogP contribution in [0.2, 0.25) is 0 Å². The second kappa shape index (κ2) is 6.36. The van der Waals surface area contributed by atoms with Crippen LogP contribution in [0.4, 0.5) is 5.69 Å². The summed E-state index contributed by atoms with van der Waals surface area (Å²) < 4.78 is 12.3. The molecule has 2 rings (SSSR count). The van der Waals surface area contributed by atoms with Crippen molar-refractivity contribution in [2.75, 3.05) is 12.8 Å². The number of halogens is 2. The molecule has 0 fully saturated rings. The van der Waals surface area contributed by atoms with Crippen LogP contribution in [0.1, 0.15) is 10.4 Å². The summed E-state index contributed by atoms with van der Waals surface area (Å²) in [5.74, 6) is 0.439. The Bertz CT molecular complexity index is 704. The highest BCUT2D eigenvalue weighted by Crippen LogP contribution is 2.38. The molecule has 0 aromatic heterocycles. The van der Waals surface area contributed by atoms with E-state index in [2.05, 4.69) is 31.9 Å². The van der Waals surface area contributed by atoms with Gasteiger partial charge >= 0.3 is 5.97 Å². The molecule has 0 bridgehead atoms. The molecule has 0 saturated heterocycles. The van der Waals surface area contributed by atoms with Crippen molar-refractivity contribution in [3.8, 4) is 17.2 Å². The van der Waals surface area contributed by atoms with Crippen molar-refractivity contribution < 1.29 is 19.4 Å². The van der Waals surface area contributed by atoms with Gasteiger partial charge in [-0.3, -0.25) is 0 Å². The molecule has 0 aliphatic rings. The third kappa shape index (κ3) is 3.48. The van der Waals surface area contributed by atoms with Crippen LogP contribution in [0.5, 0.6) is 17.2 Å². The highest BCUT2D eigenvalue weighted by molar-refractivity contribution is 9.11. The highest BCUT2D eigenvalue weighted by Gasteiger charge is 2.12. The van der Waals surface area contributed by atoms with E-state index in [9.17, 15) is 4.79 Å². The zero-order valence-electron chi connectivity index (χ0n) is 10.9. The Morgan fingerprint density at radius 1 is 1.14 bits per heavy atom. The van der Waals surface area contributed by atoms with Gasteiger partial charge in [0.05, 0.1) is 21.6 Å². The number of ether oxygens (including phenoxy) is 2. The minimum absolute atomic E-state index is 0.00352. The van der Waals surface area contributed by atoms with Crippen LogP contribution in [-0.2, 0) is 0 Å². The van der Waals surface area contributed by atoms with Gasteiger partial charge in [0.25, 0.3) is 0 Å². The van der Waals surface area contributed by atoms with Crippen molar-refractivity contribution in [3.05, 3.63) is 44.8 Å². The van der Waals surface area contributed by atoms with Gasteiger partial charge < -0.3 is 20.3 Å². The van der Waals surface area contributed by atoms with Gasteiger partial charge in [-0.15, -0.1) is 0 Å². The quantitative estimate of drug-likeness (QED) is 0.726. The van der Waals surface area contributed by atoms with Crippen molar-refractivity contribution in [1.29, 1.82) is 0 Å². The largest absolute Gasteiger partial charge is 0.496 e. The molecule has 0 heterocycles. The van der Waals surface area contributed by atoms with Crippen molar-refractivity contribution in [2.45, 2.75) is 0 Å². The van der Waals surface area contributed by atoms with E-state index >= 15 is 0 Å². The zero-order chi connectivity index (χ0) is 15.6. The lowest BCUT2D eigenvalue weighted by Crippen LogP contribution is -2.02. The first-order chi connectivity index (χ1) is 9.92. The predicted molar refractivity (Wildman–Crippen MR) is 86.3 cm³/mol. The minimum Gasteiger partial charge on any atom is -0.496 e. The summed E-state index contributed by atoms with van der Waals surface area (Å²) in [6, 6.07) is 7.94. The molecular formula is C14H11Br2NO4. The molecular weight excluding hydrogens is 406 g/mol. The lowest BCUT2D eigenvalue weighted by molar-refractivity contribution is 0.0697. The molecule has 21 heavy (non-hydrogen) atoms. The summed E-state index contributed by atoms with van der Waals surface area (Å²) in [7, 11) is 1.56. The Morgan fingerprint density at radius 2 is 1.76 bits per heavy atom. The zero-order valence-corrected chi connectivity index (χ0v) is 14.1. The first-order valence-electron chi connectivity index (χ1n) is 5.76. The lowest BCUT2D eigenvalue weighted by Gasteiger charge is -2.12. The van der Waals surface area contributed by atoms with Gasteiger partial charge in [0.1, 0.15) is 17.2 Å². The van der Waals surface area contributed by atoms with Crippen LogP contribution in [-0.4, -0.2) is 18.2 Å². The molecule has 0 aliphatic carbocycles. The molecule has 0 spiro atoms. The maximum atomic E-state index is 11.1. The maximum absolute atomic E-state index is 11.1. The van der Waals surface area contributed by atoms with Gasteiger partial charge in [0.2, 0.25) is 0 Å². The number of rotatable bonds is 4. The molecule has 7 heteroatoms. The summed E-state index contributed by atoms with van der Waals surface area (Å²) in [5, 5.41) is 9.05. The summed E-state index contributed by atoms with van der Waals surface area (Å²) in [6.45, 7) is 0. The van der Waals surface area contributed by atoms with Crippen LogP contribution in [0.15, 0.2) is 39.3 Å². The van der Waals surface area contributed by atoms with Gasteiger partial charge in [-0.25, -0.2) is 4.79 Å². The topological polar surface area (TPSA) is 81.8 Å². The molecule has 2 aromatic rings. The number of carboxylic acid groups (broad SMARTS) is 1. The smallest absolute Gasteiger partial charge is 0.337 e. The van der Waals surface area contributed by atoms with E-state index in [-0.39, 0.29) is 11.3 Å². The van der Waals surface area contributed by atoms with Crippen molar-refractivity contribution in [1.82, 2.24) is 0 Å². The van der Waals surface area contributed by atoms with Crippen LogP contribution in [0.25, 0.3) is 0 Å². The van der Waals surface area contributed by atoms with Gasteiger partial charge in [-0.05, 0) is 62.2 Å². The standard InChI is InChI=1S/C14H11Br2NO4/c1-20-12-5-10(16)13(6-9(12)15)21-7-2-3-11(17)8(4-7)14(18)19/h2-6H,17H2,1H3,(H,18,19). The van der Waals surface area contributed by atoms with Crippen LogP contribution in [0, 0.1) is 0 Å². The fraction of sp³-hybridized carbons (Fsp3) is 0.0714. The normalized spacial score (nSPS) is 10.2. The third-order valence-corrected chi connectivity index (χ3v) is 3.93. The van der Waals surface area contributed by atoms with E-state index in [1.807, 2.05) is 0 Å². The van der Waals surface area contributed by atoms with E-state index in [0.29, 0.717) is 21.7 Å². The number of benzene rings is 2. The maximum Gasteiger partial charge on any atom is 0.337 e. The van der Waals surface area contributed by atoms with Crippen LogP contribution >= 0.6 is 31.9 Å². The second-order valence-electron chi connectivity index (χ2n) is 4.07. The Balaban J connectivity index is 2.36. The number of aromatic carboxylic acids is 1. The average Bonchev–Trinajstić information content (AvgIpc) is 2.44. The van der Waals surface area contributed by atoms with Gasteiger partial charge in [0.15, 0.2) is 0 Å². The van der Waals surface area contributed by atoms with E-state index in [0.717, 1.165) is 4.47 Å². The highest BCUT2D eigenvalue weighted by atomic mass is 79.9. The fourth-order valence-corrected chi connectivity index (χ4v) is 2.54. The molecule has 110 valence electrons. The molecule has 0 saturated carbocycles. The van der Waals surface area contributed by atoms with E-state index in [1.165, 1.54) is 12.1 Å². The first kappa shape index (κ1) is 15.7. The number of carbonyl (C=O) groups is 1. The minimum atomic E-state index is -1.10. The fourth-order valence-electron chi connectivity index (χ4n) is 1.66. The number of carboxylic acids is 1. The van der Waals surface area contributed by atoms with Crippen LogP contribution < -0.4 is 15.2 Å². The Kier molecular flexibility index (Phi) is 4.74. The second-order valence-corrected chi connectivity index (χ2v) is 5.78. The predicted octanol–water partition coefficient (Wildman–Crippen LogP) is 4.29. The molecule has 0 unspecified atom stereocenters. The number of nitrogen functional groups attached to an aromatic ring is 1. The first-order valence-corrected chi connectivity index (χ1v) is 7.34. The molecule has 0 radical (unpaired) electrons. The molecule has 0 aliphatic heterocycles. The average molecular weight is 417 g/mol. The molecule has 3 N–H and O–H groups in total. The van der Waals surface area contributed by atoms with E-state index in [1.54, 1.807) is 25.3 Å². The van der Waals surface area contributed by atoms with E-state index < -0.39 is 5.97 Å². The van der Waals surface area contributed by atoms with Gasteiger partial charge in [-0.1, -0.05) is 0 Å². The van der Waals surface area contributed by atoms with Crippen molar-refractivity contribution >= 4 is 43.5 Å². The van der Waals surface area contributed by atoms with Crippen molar-refractivity contribution in [3.63, 3.8) is 0 Å². The number of anilines is 1. The Hall–Kier alpha value is -1.73.